The SMILES string of the molecule is Cn1cc(C(C)(O)CNCc2cccc(Br)c2O)cn1. The predicted octanol–water partition coefficient (Wildman–Crippen LogP) is 1.89. The van der Waals surface area contributed by atoms with E-state index in [1.165, 1.54) is 0 Å². The Hall–Kier alpha value is -1.37. The molecule has 108 valence electrons. The fraction of sp³-hybridized carbons (Fsp3) is 0.357. The number of hydrogen-bond acceptors (Lipinski definition) is 4. The molecule has 0 aliphatic rings. The monoisotopic (exact) mass is 339 g/mol. The lowest BCUT2D eigenvalue weighted by atomic mass is 9.99. The Morgan fingerprint density at radius 3 is 2.85 bits per heavy atom. The first-order valence-electron chi connectivity index (χ1n) is 6.29. The minimum Gasteiger partial charge on any atom is -0.506 e. The molecule has 1 heterocycles. The summed E-state index contributed by atoms with van der Waals surface area (Å²) in [5, 5.41) is 27.5. The lowest BCUT2D eigenvalue weighted by Crippen LogP contribution is -2.34. The van der Waals surface area contributed by atoms with Crippen molar-refractivity contribution in [2.45, 2.75) is 19.1 Å². The van der Waals surface area contributed by atoms with Gasteiger partial charge in [-0.1, -0.05) is 12.1 Å². The van der Waals surface area contributed by atoms with Crippen LogP contribution in [-0.2, 0) is 19.2 Å². The summed E-state index contributed by atoms with van der Waals surface area (Å²) in [5.41, 5.74) is 0.530. The maximum Gasteiger partial charge on any atom is 0.134 e. The molecule has 0 amide bonds. The maximum absolute atomic E-state index is 10.4. The number of halogens is 1. The molecular formula is C14H18BrN3O2. The van der Waals surface area contributed by atoms with Crippen LogP contribution in [0.3, 0.4) is 0 Å². The van der Waals surface area contributed by atoms with Crippen molar-refractivity contribution >= 4 is 15.9 Å². The van der Waals surface area contributed by atoms with E-state index >= 15 is 0 Å². The molecular weight excluding hydrogens is 322 g/mol. The Morgan fingerprint density at radius 2 is 2.20 bits per heavy atom. The third-order valence-electron chi connectivity index (χ3n) is 3.18. The van der Waals surface area contributed by atoms with E-state index in [4.69, 9.17) is 0 Å². The van der Waals surface area contributed by atoms with Gasteiger partial charge < -0.3 is 15.5 Å². The molecule has 1 atom stereocenters. The van der Waals surface area contributed by atoms with Crippen LogP contribution in [0.25, 0.3) is 0 Å². The third kappa shape index (κ3) is 3.39. The van der Waals surface area contributed by atoms with E-state index in [1.54, 1.807) is 30.1 Å². The number of aromatic hydroxyl groups is 1. The molecule has 3 N–H and O–H groups in total. The number of phenolic OH excluding ortho intramolecular Hbond substituents is 1. The van der Waals surface area contributed by atoms with Gasteiger partial charge in [0, 0.05) is 37.5 Å². The molecule has 0 radical (unpaired) electrons. The summed E-state index contributed by atoms with van der Waals surface area (Å²) in [5.74, 6) is 0.223. The predicted molar refractivity (Wildman–Crippen MR) is 80.3 cm³/mol. The molecule has 0 aliphatic heterocycles. The smallest absolute Gasteiger partial charge is 0.134 e. The van der Waals surface area contributed by atoms with Gasteiger partial charge in [-0.05, 0) is 28.9 Å². The topological polar surface area (TPSA) is 70.3 Å². The number of hydrogen-bond donors (Lipinski definition) is 3. The second kappa shape index (κ2) is 5.95. The van der Waals surface area contributed by atoms with Crippen molar-refractivity contribution in [2.24, 2.45) is 7.05 Å². The van der Waals surface area contributed by atoms with Crippen molar-refractivity contribution in [3.05, 3.63) is 46.2 Å². The third-order valence-corrected chi connectivity index (χ3v) is 3.82. The molecule has 0 fully saturated rings. The van der Waals surface area contributed by atoms with Crippen LogP contribution in [0.5, 0.6) is 5.75 Å². The molecule has 5 nitrogen and oxygen atoms in total. The highest BCUT2D eigenvalue weighted by Crippen LogP contribution is 2.27. The lowest BCUT2D eigenvalue weighted by molar-refractivity contribution is 0.0565. The highest BCUT2D eigenvalue weighted by Gasteiger charge is 2.24. The molecule has 2 rings (SSSR count). The van der Waals surface area contributed by atoms with Gasteiger partial charge in [-0.2, -0.15) is 5.10 Å². The Morgan fingerprint density at radius 1 is 1.45 bits per heavy atom. The zero-order chi connectivity index (χ0) is 14.8. The molecule has 1 aromatic carbocycles. The number of nitrogens with one attached hydrogen (secondary N) is 1. The van der Waals surface area contributed by atoms with Gasteiger partial charge in [-0.15, -0.1) is 0 Å². The molecule has 0 bridgehead atoms. The van der Waals surface area contributed by atoms with E-state index in [1.807, 2.05) is 19.2 Å². The normalized spacial score (nSPS) is 14.2. The van der Waals surface area contributed by atoms with Gasteiger partial charge in [0.15, 0.2) is 0 Å². The van der Waals surface area contributed by atoms with E-state index in [9.17, 15) is 10.2 Å². The number of aryl methyl sites for hydroxylation is 1. The zero-order valence-electron chi connectivity index (χ0n) is 11.5. The number of para-hydroxylation sites is 1. The molecule has 1 aromatic heterocycles. The van der Waals surface area contributed by atoms with Crippen LogP contribution in [0.1, 0.15) is 18.1 Å². The largest absolute Gasteiger partial charge is 0.506 e. The molecule has 2 aromatic rings. The Labute approximate surface area is 126 Å². The first-order chi connectivity index (χ1) is 9.40. The highest BCUT2D eigenvalue weighted by molar-refractivity contribution is 9.10. The molecule has 0 aliphatic carbocycles. The van der Waals surface area contributed by atoms with Crippen LogP contribution < -0.4 is 5.32 Å². The van der Waals surface area contributed by atoms with E-state index in [2.05, 4.69) is 26.3 Å². The second-order valence-electron chi connectivity index (χ2n) is 5.03. The molecule has 6 heteroatoms. The van der Waals surface area contributed by atoms with Gasteiger partial charge in [-0.25, -0.2) is 0 Å². The number of rotatable bonds is 5. The zero-order valence-corrected chi connectivity index (χ0v) is 13.1. The number of aliphatic hydroxyl groups is 1. The molecule has 0 spiro atoms. The van der Waals surface area contributed by atoms with Gasteiger partial charge in [0.05, 0.1) is 10.7 Å². The van der Waals surface area contributed by atoms with Gasteiger partial charge >= 0.3 is 0 Å². The van der Waals surface area contributed by atoms with Crippen LogP contribution in [-0.4, -0.2) is 26.5 Å². The van der Waals surface area contributed by atoms with Crippen LogP contribution >= 0.6 is 15.9 Å². The van der Waals surface area contributed by atoms with Crippen molar-refractivity contribution in [3.63, 3.8) is 0 Å². The van der Waals surface area contributed by atoms with Crippen molar-refractivity contribution < 1.29 is 10.2 Å². The number of aromatic nitrogens is 2. The van der Waals surface area contributed by atoms with Gasteiger partial charge in [-0.3, -0.25) is 4.68 Å². The van der Waals surface area contributed by atoms with Gasteiger partial charge in [0.2, 0.25) is 0 Å². The van der Waals surface area contributed by atoms with Crippen molar-refractivity contribution in [1.29, 1.82) is 0 Å². The quantitative estimate of drug-likeness (QED) is 0.777. The average molecular weight is 340 g/mol. The van der Waals surface area contributed by atoms with Crippen LogP contribution in [0.2, 0.25) is 0 Å². The van der Waals surface area contributed by atoms with E-state index in [0.717, 1.165) is 11.1 Å². The summed E-state index contributed by atoms with van der Waals surface area (Å²) >= 11 is 3.28. The Bertz CT molecular complexity index is 596. The van der Waals surface area contributed by atoms with Gasteiger partial charge in [0.25, 0.3) is 0 Å². The fourth-order valence-corrected chi connectivity index (χ4v) is 2.35. The summed E-state index contributed by atoms with van der Waals surface area (Å²) in [6.07, 6.45) is 3.44. The first-order valence-corrected chi connectivity index (χ1v) is 7.08. The van der Waals surface area contributed by atoms with Crippen LogP contribution in [0, 0.1) is 0 Å². The summed E-state index contributed by atoms with van der Waals surface area (Å²) in [4.78, 5) is 0. The second-order valence-corrected chi connectivity index (χ2v) is 5.88. The number of nitrogens with zero attached hydrogens (tertiary/aromatic N) is 2. The van der Waals surface area contributed by atoms with Crippen molar-refractivity contribution in [3.8, 4) is 5.75 Å². The maximum atomic E-state index is 10.4. The first kappa shape index (κ1) is 15.0. The highest BCUT2D eigenvalue weighted by atomic mass is 79.9. The van der Waals surface area contributed by atoms with Crippen LogP contribution in [0.4, 0.5) is 0 Å². The summed E-state index contributed by atoms with van der Waals surface area (Å²) in [6, 6.07) is 5.48. The van der Waals surface area contributed by atoms with Crippen LogP contribution in [0.15, 0.2) is 35.1 Å². The number of phenols is 1. The average Bonchev–Trinajstić information content (AvgIpc) is 2.82. The molecule has 0 saturated heterocycles. The van der Waals surface area contributed by atoms with E-state index < -0.39 is 5.60 Å². The Balaban J connectivity index is 1.97. The standard InChI is InChI=1S/C14H18BrN3O2/c1-14(20,11-7-17-18(2)8-11)9-16-6-10-4-3-5-12(15)13(10)19/h3-5,7-8,16,19-20H,6,9H2,1-2H3. The van der Waals surface area contributed by atoms with E-state index in [0.29, 0.717) is 17.6 Å². The minimum atomic E-state index is -1.00. The van der Waals surface area contributed by atoms with Crippen molar-refractivity contribution in [2.75, 3.05) is 6.54 Å². The fourth-order valence-electron chi connectivity index (χ4n) is 1.94. The molecule has 0 saturated carbocycles. The molecule has 1 unspecified atom stereocenters. The summed E-state index contributed by atoms with van der Waals surface area (Å²) < 4.78 is 2.32. The van der Waals surface area contributed by atoms with E-state index in [-0.39, 0.29) is 5.75 Å². The van der Waals surface area contributed by atoms with Gasteiger partial charge in [0.1, 0.15) is 11.4 Å². The summed E-state index contributed by atoms with van der Waals surface area (Å²) in [6.45, 7) is 2.57. The summed E-state index contributed by atoms with van der Waals surface area (Å²) in [7, 11) is 1.81. The molecule has 20 heavy (non-hydrogen) atoms. The Kier molecular flexibility index (Phi) is 4.47. The number of benzene rings is 1. The lowest BCUT2D eigenvalue weighted by Gasteiger charge is -2.22. The van der Waals surface area contributed by atoms with Crippen molar-refractivity contribution in [1.82, 2.24) is 15.1 Å². The minimum absolute atomic E-state index is 0.223.